The molecule has 2 N–H and O–H groups in total. The van der Waals surface area contributed by atoms with E-state index in [4.69, 9.17) is 9.97 Å². The van der Waals surface area contributed by atoms with Crippen molar-refractivity contribution in [1.82, 2.24) is 25.3 Å². The molecule has 0 spiro atoms. The summed E-state index contributed by atoms with van der Waals surface area (Å²) in [6.07, 6.45) is 5.31. The van der Waals surface area contributed by atoms with Gasteiger partial charge in [-0.15, -0.1) is 0 Å². The van der Waals surface area contributed by atoms with Crippen molar-refractivity contribution >= 4 is 32.5 Å². The van der Waals surface area contributed by atoms with E-state index in [2.05, 4.69) is 20.2 Å². The zero-order valence-electron chi connectivity index (χ0n) is 20.7. The summed E-state index contributed by atoms with van der Waals surface area (Å²) in [5, 5.41) is 13.0. The maximum absolute atomic E-state index is 12.6. The fourth-order valence-corrected chi connectivity index (χ4v) is 5.76. The molecule has 0 aromatic carbocycles. The molecule has 6 rings (SSSR count). The molecule has 10 nitrogen and oxygen atoms in total. The van der Waals surface area contributed by atoms with Crippen molar-refractivity contribution in [1.29, 1.82) is 0 Å². The van der Waals surface area contributed by atoms with Gasteiger partial charge < -0.3 is 15.3 Å². The maximum Gasteiger partial charge on any atom is 0.253 e. The van der Waals surface area contributed by atoms with Gasteiger partial charge in [0, 0.05) is 49.9 Å². The summed E-state index contributed by atoms with van der Waals surface area (Å²) >= 11 is 0. The van der Waals surface area contributed by atoms with Gasteiger partial charge in [-0.2, -0.15) is 0 Å². The summed E-state index contributed by atoms with van der Waals surface area (Å²) in [4.78, 5) is 32.8. The van der Waals surface area contributed by atoms with Crippen LogP contribution in [0.25, 0.3) is 22.3 Å². The Morgan fingerprint density at radius 3 is 2.61 bits per heavy atom. The number of anilines is 1. The number of sulfone groups is 1. The van der Waals surface area contributed by atoms with E-state index < -0.39 is 15.7 Å². The number of nitrogens with zero attached hydrogens (tertiary/aromatic N) is 5. The van der Waals surface area contributed by atoms with E-state index >= 15 is 0 Å². The molecule has 1 unspecified atom stereocenters. The molecule has 11 heteroatoms. The number of fused-ring (bicyclic) bond motifs is 2. The van der Waals surface area contributed by atoms with Gasteiger partial charge >= 0.3 is 0 Å². The number of pyridine rings is 4. The van der Waals surface area contributed by atoms with Crippen molar-refractivity contribution in [3.63, 3.8) is 0 Å². The van der Waals surface area contributed by atoms with Crippen molar-refractivity contribution in [2.75, 3.05) is 30.9 Å². The third-order valence-corrected chi connectivity index (χ3v) is 8.45. The molecular weight excluding hydrogens is 504 g/mol. The highest BCUT2D eigenvalue weighted by Crippen LogP contribution is 2.51. The van der Waals surface area contributed by atoms with E-state index in [1.807, 2.05) is 36.4 Å². The van der Waals surface area contributed by atoms with Crippen LogP contribution in [0.4, 0.5) is 5.82 Å². The summed E-state index contributed by atoms with van der Waals surface area (Å²) in [5.74, 6) is 2.04. The average molecular weight is 531 g/mol. The molecule has 3 atom stereocenters. The van der Waals surface area contributed by atoms with Crippen LogP contribution in [0, 0.1) is 17.8 Å². The number of carbonyl (C=O) groups excluding carboxylic acids is 1. The first-order valence-electron chi connectivity index (χ1n) is 12.3. The van der Waals surface area contributed by atoms with Gasteiger partial charge in [0.15, 0.2) is 9.84 Å². The topological polar surface area (TPSA) is 138 Å². The van der Waals surface area contributed by atoms with Gasteiger partial charge in [0.2, 0.25) is 0 Å². The highest BCUT2D eigenvalue weighted by Gasteiger charge is 2.55. The number of nitrogens with one attached hydrogen (secondary N) is 1. The Kier molecular flexibility index (Phi) is 6.04. The summed E-state index contributed by atoms with van der Waals surface area (Å²) < 4.78 is 23.5. The van der Waals surface area contributed by atoms with Gasteiger partial charge in [-0.05, 0) is 54.2 Å². The maximum atomic E-state index is 12.6. The molecule has 1 aliphatic heterocycles. The van der Waals surface area contributed by atoms with Crippen LogP contribution in [0.1, 0.15) is 16.1 Å². The predicted octanol–water partition coefficient (Wildman–Crippen LogP) is 2.09. The minimum atomic E-state index is -3.47. The molecule has 1 aliphatic carbocycles. The number of rotatable bonds is 7. The molecule has 4 aromatic heterocycles. The largest absolute Gasteiger partial charge is 0.396 e. The molecule has 1 saturated carbocycles. The molecule has 0 radical (unpaired) electrons. The van der Waals surface area contributed by atoms with Crippen molar-refractivity contribution < 1.29 is 18.3 Å². The van der Waals surface area contributed by atoms with Crippen molar-refractivity contribution in [3.05, 3.63) is 72.3 Å². The highest BCUT2D eigenvalue weighted by molar-refractivity contribution is 7.90. The second-order valence-corrected chi connectivity index (χ2v) is 11.9. The smallest absolute Gasteiger partial charge is 0.253 e. The monoisotopic (exact) mass is 530 g/mol. The summed E-state index contributed by atoms with van der Waals surface area (Å²) in [6.45, 7) is 2.26. The quantitative estimate of drug-likeness (QED) is 0.368. The minimum absolute atomic E-state index is 0.0146. The number of aromatic nitrogens is 4. The lowest BCUT2D eigenvalue weighted by molar-refractivity contribution is 0.0950. The van der Waals surface area contributed by atoms with E-state index in [1.54, 1.807) is 6.20 Å². The summed E-state index contributed by atoms with van der Waals surface area (Å²) in [6, 6.07) is 12.9. The minimum Gasteiger partial charge on any atom is -0.396 e. The van der Waals surface area contributed by atoms with Gasteiger partial charge in [0.05, 0.1) is 39.6 Å². The van der Waals surface area contributed by atoms with E-state index in [0.29, 0.717) is 23.4 Å². The third kappa shape index (κ3) is 4.70. The summed E-state index contributed by atoms with van der Waals surface area (Å²) in [5.41, 5.74) is 3.00. The van der Waals surface area contributed by atoms with Crippen LogP contribution < -0.4 is 10.2 Å². The van der Waals surface area contributed by atoms with Crippen LogP contribution in [-0.4, -0.2) is 65.3 Å². The third-order valence-electron chi connectivity index (χ3n) is 7.37. The highest BCUT2D eigenvalue weighted by atomic mass is 32.2. The van der Waals surface area contributed by atoms with Crippen LogP contribution in [-0.2, 0) is 16.4 Å². The molecule has 1 amide bonds. The molecule has 0 bridgehead atoms. The van der Waals surface area contributed by atoms with Gasteiger partial charge in [-0.3, -0.25) is 14.8 Å². The van der Waals surface area contributed by atoms with Crippen LogP contribution in [0.15, 0.2) is 66.0 Å². The molecule has 2 fully saturated rings. The lowest BCUT2D eigenvalue weighted by Gasteiger charge is -2.21. The van der Waals surface area contributed by atoms with Crippen molar-refractivity contribution in [2.45, 2.75) is 11.4 Å². The standard InChI is InChI=1S/C27H26N6O4S/c1-38(36,37)19-7-17(9-28-12-19)27(35)30-11-18-8-25-16(10-29-18)5-6-24(31-25)23-3-2-4-26(32-23)33-13-20-21(14-33)22(20)15-34/h2-10,12,20-22,34H,11,13-15H2,1H3,(H,30,35)/t20-,21+,22?. The van der Waals surface area contributed by atoms with Gasteiger partial charge in [-0.1, -0.05) is 6.07 Å². The molecule has 1 saturated heterocycles. The summed E-state index contributed by atoms with van der Waals surface area (Å²) in [7, 11) is -3.47. The number of aliphatic hydroxyl groups excluding tert-OH is 1. The van der Waals surface area contributed by atoms with Crippen LogP contribution >= 0.6 is 0 Å². The second-order valence-electron chi connectivity index (χ2n) is 9.89. The van der Waals surface area contributed by atoms with E-state index in [-0.39, 0.29) is 23.6 Å². The molecule has 2 aliphatic rings. The number of carbonyl (C=O) groups is 1. The molecule has 5 heterocycles. The molecule has 194 valence electrons. The van der Waals surface area contributed by atoms with E-state index in [9.17, 15) is 18.3 Å². The van der Waals surface area contributed by atoms with Gasteiger partial charge in [0.25, 0.3) is 5.91 Å². The SMILES string of the molecule is CS(=O)(=O)c1cncc(C(=O)NCc2cc3nc(-c4cccc(N5C[C@@H]6C(CO)[C@@H]6C5)n4)ccc3cn2)c1. The zero-order chi connectivity index (χ0) is 26.4. The Labute approximate surface area is 219 Å². The Balaban J connectivity index is 1.18. The van der Waals surface area contributed by atoms with Crippen molar-refractivity contribution in [2.24, 2.45) is 17.8 Å². The average Bonchev–Trinajstić information content (AvgIpc) is 3.40. The Bertz CT molecular complexity index is 1650. The van der Waals surface area contributed by atoms with Crippen LogP contribution in [0.2, 0.25) is 0 Å². The Morgan fingerprint density at radius 2 is 1.84 bits per heavy atom. The van der Waals surface area contributed by atoms with Crippen LogP contribution in [0.3, 0.4) is 0 Å². The predicted molar refractivity (Wildman–Crippen MR) is 141 cm³/mol. The first-order valence-corrected chi connectivity index (χ1v) is 14.2. The number of hydrogen-bond acceptors (Lipinski definition) is 9. The van der Waals surface area contributed by atoms with E-state index in [0.717, 1.165) is 47.5 Å². The van der Waals surface area contributed by atoms with Gasteiger partial charge in [-0.25, -0.2) is 18.4 Å². The molecule has 38 heavy (non-hydrogen) atoms. The second kappa shape index (κ2) is 9.41. The number of aliphatic hydroxyl groups is 1. The number of hydrogen-bond donors (Lipinski definition) is 2. The van der Waals surface area contributed by atoms with Crippen LogP contribution in [0.5, 0.6) is 0 Å². The van der Waals surface area contributed by atoms with Gasteiger partial charge in [0.1, 0.15) is 5.82 Å². The lowest BCUT2D eigenvalue weighted by atomic mass is 10.2. The molecular formula is C27H26N6O4S. The molecule has 4 aromatic rings. The Morgan fingerprint density at radius 1 is 1.05 bits per heavy atom. The fourth-order valence-electron chi connectivity index (χ4n) is 5.17. The lowest BCUT2D eigenvalue weighted by Crippen LogP contribution is -2.25. The first kappa shape index (κ1) is 24.4. The Hall–Kier alpha value is -3.96. The zero-order valence-corrected chi connectivity index (χ0v) is 21.5. The van der Waals surface area contributed by atoms with E-state index in [1.165, 1.54) is 18.5 Å². The fraction of sp³-hybridized carbons (Fsp3) is 0.296. The van der Waals surface area contributed by atoms with Crippen molar-refractivity contribution in [3.8, 4) is 11.4 Å². The number of amides is 1. The number of piperidine rings is 1. The first-order chi connectivity index (χ1) is 18.3. The normalized spacial score (nSPS) is 20.4.